The van der Waals surface area contributed by atoms with E-state index in [0.717, 1.165) is 17.5 Å². The number of hydrogen-bond donors (Lipinski definition) is 0. The summed E-state index contributed by atoms with van der Waals surface area (Å²) in [5, 5.41) is 0. The van der Waals surface area contributed by atoms with Crippen LogP contribution in [0.3, 0.4) is 0 Å². The van der Waals surface area contributed by atoms with Crippen molar-refractivity contribution in [2.45, 2.75) is 26.7 Å². The number of aromatic nitrogens is 1. The minimum Gasteiger partial charge on any atom is -0.297 e. The van der Waals surface area contributed by atoms with Gasteiger partial charge in [0, 0.05) is 30.3 Å². The van der Waals surface area contributed by atoms with E-state index < -0.39 is 0 Å². The van der Waals surface area contributed by atoms with Gasteiger partial charge >= 0.3 is 0 Å². The van der Waals surface area contributed by atoms with E-state index in [1.165, 1.54) is 12.1 Å². The van der Waals surface area contributed by atoms with Crippen molar-refractivity contribution in [3.8, 4) is 11.8 Å². The molecule has 0 unspecified atom stereocenters. The maximum absolute atomic E-state index is 12.9. The van der Waals surface area contributed by atoms with Gasteiger partial charge in [-0.15, -0.1) is 0 Å². The van der Waals surface area contributed by atoms with Crippen LogP contribution in [0.1, 0.15) is 37.8 Å². The fourth-order valence-corrected chi connectivity index (χ4v) is 2.67. The van der Waals surface area contributed by atoms with Crippen molar-refractivity contribution in [3.05, 3.63) is 59.5 Å². The van der Waals surface area contributed by atoms with Gasteiger partial charge in [-0.2, -0.15) is 0 Å². The molecule has 0 radical (unpaired) electrons. The number of piperidine rings is 1. The van der Waals surface area contributed by atoms with E-state index in [1.807, 2.05) is 12.1 Å². The molecule has 0 bridgehead atoms. The monoisotopic (exact) mass is 322 g/mol. The quantitative estimate of drug-likeness (QED) is 0.749. The molecule has 1 aromatic heterocycles. The van der Waals surface area contributed by atoms with E-state index in [-0.39, 0.29) is 17.1 Å². The Morgan fingerprint density at radius 1 is 1.08 bits per heavy atom. The maximum atomic E-state index is 12.9. The fourth-order valence-electron chi connectivity index (χ4n) is 2.67. The van der Waals surface area contributed by atoms with Crippen LogP contribution >= 0.6 is 0 Å². The molecular formula is C20H19FN2O. The lowest BCUT2D eigenvalue weighted by Crippen LogP contribution is -2.42. The molecule has 0 atom stereocenters. The standard InChI is InChI=1S/C20H19FN2O/c1-20(2)11-12-23(19(24)13-20)18-10-7-16(14-22-18)4-3-15-5-8-17(21)9-6-15/h5-10,14H,11-13H2,1-2H3. The molecule has 1 saturated heterocycles. The average Bonchev–Trinajstić information content (AvgIpc) is 2.54. The minimum absolute atomic E-state index is 0.0636. The topological polar surface area (TPSA) is 33.2 Å². The second-order valence-electron chi connectivity index (χ2n) is 6.80. The summed E-state index contributed by atoms with van der Waals surface area (Å²) in [5.41, 5.74) is 1.57. The summed E-state index contributed by atoms with van der Waals surface area (Å²) >= 11 is 0. The smallest absolute Gasteiger partial charge is 0.228 e. The highest BCUT2D eigenvalue weighted by atomic mass is 19.1. The molecule has 4 heteroatoms. The molecule has 0 spiro atoms. The molecule has 0 saturated carbocycles. The summed E-state index contributed by atoms with van der Waals surface area (Å²) in [6.45, 7) is 4.92. The van der Waals surface area contributed by atoms with Crippen LogP contribution in [-0.4, -0.2) is 17.4 Å². The molecule has 2 aromatic rings. The van der Waals surface area contributed by atoms with E-state index in [4.69, 9.17) is 0 Å². The number of anilines is 1. The Morgan fingerprint density at radius 2 is 1.75 bits per heavy atom. The van der Waals surface area contributed by atoms with Crippen molar-refractivity contribution in [2.75, 3.05) is 11.4 Å². The van der Waals surface area contributed by atoms with Gasteiger partial charge in [0.15, 0.2) is 0 Å². The zero-order chi connectivity index (χ0) is 17.2. The highest BCUT2D eigenvalue weighted by Gasteiger charge is 2.32. The SMILES string of the molecule is CC1(C)CCN(c2ccc(C#Cc3ccc(F)cc3)cn2)C(=O)C1. The summed E-state index contributed by atoms with van der Waals surface area (Å²) in [7, 11) is 0. The number of amides is 1. The van der Waals surface area contributed by atoms with Crippen molar-refractivity contribution in [1.82, 2.24) is 4.98 Å². The first-order valence-electron chi connectivity index (χ1n) is 7.97. The van der Waals surface area contributed by atoms with Crippen LogP contribution in [0.2, 0.25) is 0 Å². The number of carbonyl (C=O) groups excluding carboxylic acids is 1. The highest BCUT2D eigenvalue weighted by molar-refractivity contribution is 5.93. The summed E-state index contributed by atoms with van der Waals surface area (Å²) in [5.74, 6) is 6.47. The molecule has 1 fully saturated rings. The second-order valence-corrected chi connectivity index (χ2v) is 6.80. The Balaban J connectivity index is 1.72. The fraction of sp³-hybridized carbons (Fsp3) is 0.300. The van der Waals surface area contributed by atoms with Crippen LogP contribution in [0.15, 0.2) is 42.6 Å². The van der Waals surface area contributed by atoms with Crippen molar-refractivity contribution in [2.24, 2.45) is 5.41 Å². The van der Waals surface area contributed by atoms with E-state index in [0.29, 0.717) is 18.8 Å². The predicted octanol–water partition coefficient (Wildman–Crippen LogP) is 3.77. The van der Waals surface area contributed by atoms with Crippen molar-refractivity contribution < 1.29 is 9.18 Å². The first-order chi connectivity index (χ1) is 11.4. The van der Waals surface area contributed by atoms with Gasteiger partial charge in [-0.25, -0.2) is 9.37 Å². The van der Waals surface area contributed by atoms with E-state index in [9.17, 15) is 9.18 Å². The van der Waals surface area contributed by atoms with Crippen molar-refractivity contribution in [1.29, 1.82) is 0 Å². The molecule has 122 valence electrons. The number of rotatable bonds is 1. The zero-order valence-electron chi connectivity index (χ0n) is 13.8. The predicted molar refractivity (Wildman–Crippen MR) is 92.0 cm³/mol. The largest absolute Gasteiger partial charge is 0.297 e. The highest BCUT2D eigenvalue weighted by Crippen LogP contribution is 2.32. The third-order valence-corrected chi connectivity index (χ3v) is 4.16. The molecule has 24 heavy (non-hydrogen) atoms. The molecule has 1 aromatic carbocycles. The molecule has 0 aliphatic carbocycles. The van der Waals surface area contributed by atoms with Crippen LogP contribution < -0.4 is 4.90 Å². The van der Waals surface area contributed by atoms with E-state index >= 15 is 0 Å². The Labute approximate surface area is 141 Å². The van der Waals surface area contributed by atoms with Crippen molar-refractivity contribution in [3.63, 3.8) is 0 Å². The summed E-state index contributed by atoms with van der Waals surface area (Å²) in [4.78, 5) is 18.4. The first-order valence-corrected chi connectivity index (χ1v) is 7.97. The molecule has 1 aliphatic rings. The summed E-state index contributed by atoms with van der Waals surface area (Å²) in [6, 6.07) is 9.72. The normalized spacial score (nSPS) is 16.5. The van der Waals surface area contributed by atoms with Crippen molar-refractivity contribution >= 4 is 11.7 Å². The Bertz CT molecular complexity index is 798. The second kappa shape index (κ2) is 6.45. The van der Waals surface area contributed by atoms with Crippen LogP contribution in [0, 0.1) is 23.1 Å². The summed E-state index contributed by atoms with van der Waals surface area (Å²) in [6.07, 6.45) is 3.17. The number of nitrogens with zero attached hydrogens (tertiary/aromatic N) is 2. The lowest BCUT2D eigenvalue weighted by molar-refractivity contribution is -0.122. The van der Waals surface area contributed by atoms with Gasteiger partial charge in [-0.3, -0.25) is 9.69 Å². The molecule has 1 amide bonds. The van der Waals surface area contributed by atoms with Gasteiger partial charge in [0.25, 0.3) is 0 Å². The van der Waals surface area contributed by atoms with Gasteiger partial charge in [-0.1, -0.05) is 25.7 Å². The number of benzene rings is 1. The van der Waals surface area contributed by atoms with E-state index in [1.54, 1.807) is 23.2 Å². The number of pyridine rings is 1. The molecule has 0 N–H and O–H groups in total. The van der Waals surface area contributed by atoms with Gasteiger partial charge in [0.2, 0.25) is 5.91 Å². The number of halogens is 1. The van der Waals surface area contributed by atoms with E-state index in [2.05, 4.69) is 30.7 Å². The van der Waals surface area contributed by atoms with Gasteiger partial charge in [-0.05, 0) is 48.2 Å². The van der Waals surface area contributed by atoms with Gasteiger partial charge in [0.05, 0.1) is 0 Å². The van der Waals surface area contributed by atoms with Crippen LogP contribution in [0.5, 0.6) is 0 Å². The Morgan fingerprint density at radius 3 is 2.38 bits per heavy atom. The Hall–Kier alpha value is -2.67. The van der Waals surface area contributed by atoms with Crippen LogP contribution in [0.4, 0.5) is 10.2 Å². The van der Waals surface area contributed by atoms with Gasteiger partial charge in [0.1, 0.15) is 11.6 Å². The number of hydrogen-bond acceptors (Lipinski definition) is 2. The first kappa shape index (κ1) is 16.2. The Kier molecular flexibility index (Phi) is 4.35. The third-order valence-electron chi connectivity index (χ3n) is 4.16. The molecule has 3 nitrogen and oxygen atoms in total. The molecule has 1 aliphatic heterocycles. The van der Waals surface area contributed by atoms with Crippen LogP contribution in [-0.2, 0) is 4.79 Å². The number of carbonyl (C=O) groups is 1. The molecule has 2 heterocycles. The summed E-state index contributed by atoms with van der Waals surface area (Å²) < 4.78 is 12.9. The van der Waals surface area contributed by atoms with Gasteiger partial charge < -0.3 is 0 Å². The average molecular weight is 322 g/mol. The minimum atomic E-state index is -0.277. The maximum Gasteiger partial charge on any atom is 0.228 e. The molecule has 3 rings (SSSR count). The molecular weight excluding hydrogens is 303 g/mol. The lowest BCUT2D eigenvalue weighted by atomic mass is 9.82. The van der Waals surface area contributed by atoms with Crippen LogP contribution in [0.25, 0.3) is 0 Å². The zero-order valence-corrected chi connectivity index (χ0v) is 13.8. The third kappa shape index (κ3) is 3.80. The lowest BCUT2D eigenvalue weighted by Gasteiger charge is -2.35.